The molecule has 3 aromatic rings. The monoisotopic (exact) mass is 542 g/mol. The number of nitrogens with one attached hydrogen (secondary N) is 1. The van der Waals surface area contributed by atoms with E-state index in [4.69, 9.17) is 25.6 Å². The van der Waals surface area contributed by atoms with Gasteiger partial charge in [0.2, 0.25) is 0 Å². The summed E-state index contributed by atoms with van der Waals surface area (Å²) in [5, 5.41) is 16.3. The number of aliphatic carboxylic acids is 1. The summed E-state index contributed by atoms with van der Waals surface area (Å²) in [6.07, 6.45) is 1.08. The lowest BCUT2D eigenvalue weighted by Crippen LogP contribution is -2.54. The lowest BCUT2D eigenvalue weighted by molar-refractivity contribution is -0.175. The maximum atomic E-state index is 15.5. The van der Waals surface area contributed by atoms with Crippen molar-refractivity contribution in [3.63, 3.8) is 0 Å². The average Bonchev–Trinajstić information content (AvgIpc) is 3.24. The molecular weight excluding hydrogens is 515 g/mol. The molecule has 1 aromatic heterocycles. The number of amides is 1. The Bertz CT molecular complexity index is 1360. The van der Waals surface area contributed by atoms with Crippen molar-refractivity contribution in [2.24, 2.45) is 0 Å². The molecule has 0 spiro atoms. The standard InChI is InChI=1S/C28H28ClFN2O6/c1-16-24(31-26(35)37-17(2)19-5-3-4-6-21(19)29)25(38-32-16)18-7-8-20(22(30)13-18)27-9-11-28(12-10-27,36-15-27)14-23(33)34/h3-8,13,17H,9-12,14-15H2,1-2H3,(H,31,35)(H,33,34). The SMILES string of the molecule is Cc1noc(-c2ccc(C34CCC(CC(=O)O)(CC3)OC4)c(F)c2)c1NC(=O)OC(C)c1ccccc1Cl. The van der Waals surface area contributed by atoms with Gasteiger partial charge >= 0.3 is 12.1 Å². The molecule has 2 N–H and O–H groups in total. The summed E-state index contributed by atoms with van der Waals surface area (Å²) in [5.74, 6) is -1.10. The number of carboxylic acid groups (broad SMARTS) is 1. The van der Waals surface area contributed by atoms with Gasteiger partial charge in [0.15, 0.2) is 5.76 Å². The molecule has 1 atom stereocenters. The van der Waals surface area contributed by atoms with Crippen LogP contribution < -0.4 is 5.32 Å². The van der Waals surface area contributed by atoms with Crippen molar-refractivity contribution in [1.29, 1.82) is 0 Å². The van der Waals surface area contributed by atoms with E-state index in [0.717, 1.165) is 0 Å². The van der Waals surface area contributed by atoms with Gasteiger partial charge < -0.3 is 19.1 Å². The van der Waals surface area contributed by atoms with Gasteiger partial charge in [-0.05, 0) is 57.2 Å². The molecule has 3 fully saturated rings. The van der Waals surface area contributed by atoms with E-state index in [-0.39, 0.29) is 24.5 Å². The molecule has 200 valence electrons. The molecule has 1 aliphatic carbocycles. The van der Waals surface area contributed by atoms with E-state index >= 15 is 4.39 Å². The van der Waals surface area contributed by atoms with Gasteiger partial charge in [-0.1, -0.05) is 47.1 Å². The molecular formula is C28H28ClFN2O6. The van der Waals surface area contributed by atoms with Crippen LogP contribution in [0.15, 0.2) is 47.0 Å². The van der Waals surface area contributed by atoms with Crippen LogP contribution >= 0.6 is 11.6 Å². The molecule has 2 saturated heterocycles. The quantitative estimate of drug-likeness (QED) is 0.337. The number of hydrogen-bond donors (Lipinski definition) is 2. The normalized spacial score (nSPS) is 23.2. The predicted octanol–water partition coefficient (Wildman–Crippen LogP) is 6.81. The number of carbonyl (C=O) groups excluding carboxylic acids is 1. The number of anilines is 1. The van der Waals surface area contributed by atoms with Crippen LogP contribution in [0.3, 0.4) is 0 Å². The van der Waals surface area contributed by atoms with E-state index in [1.807, 2.05) is 0 Å². The first-order valence-corrected chi connectivity index (χ1v) is 12.8. The van der Waals surface area contributed by atoms with Crippen molar-refractivity contribution >= 4 is 29.4 Å². The first-order valence-electron chi connectivity index (χ1n) is 12.5. The van der Waals surface area contributed by atoms with Crippen molar-refractivity contribution in [3.05, 3.63) is 70.1 Å². The minimum atomic E-state index is -0.885. The van der Waals surface area contributed by atoms with Gasteiger partial charge in [0.05, 0.1) is 18.6 Å². The molecule has 1 unspecified atom stereocenters. The largest absolute Gasteiger partial charge is 0.481 e. The lowest BCUT2D eigenvalue weighted by atomic mass is 9.62. The van der Waals surface area contributed by atoms with Crippen molar-refractivity contribution in [1.82, 2.24) is 5.16 Å². The summed E-state index contributed by atoms with van der Waals surface area (Å²) in [4.78, 5) is 23.9. The molecule has 3 aliphatic rings. The molecule has 10 heteroatoms. The van der Waals surface area contributed by atoms with Gasteiger partial charge in [-0.3, -0.25) is 10.1 Å². The van der Waals surface area contributed by atoms with Crippen LogP contribution in [0.4, 0.5) is 14.9 Å². The van der Waals surface area contributed by atoms with Crippen LogP contribution in [0.5, 0.6) is 0 Å². The second kappa shape index (κ2) is 10.0. The van der Waals surface area contributed by atoms with E-state index in [1.54, 1.807) is 50.2 Å². The number of benzene rings is 2. The first-order chi connectivity index (χ1) is 18.1. The van der Waals surface area contributed by atoms with Crippen molar-refractivity contribution in [2.45, 2.75) is 63.1 Å². The second-order valence-corrected chi connectivity index (χ2v) is 10.6. The zero-order valence-corrected chi connectivity index (χ0v) is 21.8. The van der Waals surface area contributed by atoms with E-state index in [1.165, 1.54) is 6.07 Å². The van der Waals surface area contributed by atoms with Crippen LogP contribution in [-0.4, -0.2) is 34.5 Å². The summed E-state index contributed by atoms with van der Waals surface area (Å²) in [7, 11) is 0. The number of ether oxygens (including phenoxy) is 2. The van der Waals surface area contributed by atoms with E-state index in [2.05, 4.69) is 10.5 Å². The van der Waals surface area contributed by atoms with Crippen molar-refractivity contribution < 1.29 is 33.1 Å². The highest BCUT2D eigenvalue weighted by Gasteiger charge is 2.52. The highest BCUT2D eigenvalue weighted by Crippen LogP contribution is 2.52. The summed E-state index contributed by atoms with van der Waals surface area (Å²) < 4.78 is 32.5. The Morgan fingerprint density at radius 3 is 2.58 bits per heavy atom. The van der Waals surface area contributed by atoms with E-state index < -0.39 is 35.0 Å². The van der Waals surface area contributed by atoms with Gasteiger partial charge in [0.1, 0.15) is 23.3 Å². The first kappa shape index (κ1) is 26.2. The van der Waals surface area contributed by atoms with E-state index in [0.29, 0.717) is 53.1 Å². The predicted molar refractivity (Wildman–Crippen MR) is 138 cm³/mol. The maximum Gasteiger partial charge on any atom is 0.412 e. The number of aromatic nitrogens is 1. The zero-order valence-electron chi connectivity index (χ0n) is 21.1. The molecule has 1 saturated carbocycles. The molecule has 2 aromatic carbocycles. The third kappa shape index (κ3) is 4.88. The van der Waals surface area contributed by atoms with Crippen molar-refractivity contribution in [3.8, 4) is 11.3 Å². The van der Waals surface area contributed by atoms with Gasteiger partial charge in [0, 0.05) is 21.6 Å². The molecule has 6 rings (SSSR count). The Labute approximate surface area is 224 Å². The minimum absolute atomic E-state index is 0.0370. The Morgan fingerprint density at radius 2 is 1.95 bits per heavy atom. The Kier molecular flexibility index (Phi) is 6.92. The lowest BCUT2D eigenvalue weighted by Gasteiger charge is -2.53. The molecule has 3 heterocycles. The molecule has 8 nitrogen and oxygen atoms in total. The zero-order chi connectivity index (χ0) is 27.1. The third-order valence-electron chi connectivity index (χ3n) is 7.77. The fraction of sp³-hybridized carbons (Fsp3) is 0.393. The highest BCUT2D eigenvalue weighted by molar-refractivity contribution is 6.31. The smallest absolute Gasteiger partial charge is 0.412 e. The van der Waals surface area contributed by atoms with Crippen LogP contribution in [-0.2, 0) is 19.7 Å². The molecule has 2 aliphatic heterocycles. The second-order valence-electron chi connectivity index (χ2n) is 10.2. The summed E-state index contributed by atoms with van der Waals surface area (Å²) >= 11 is 6.21. The molecule has 2 bridgehead atoms. The van der Waals surface area contributed by atoms with Gasteiger partial charge in [-0.2, -0.15) is 0 Å². The number of nitrogens with zero attached hydrogens (tertiary/aromatic N) is 1. The minimum Gasteiger partial charge on any atom is -0.481 e. The maximum absolute atomic E-state index is 15.5. The molecule has 38 heavy (non-hydrogen) atoms. The van der Waals surface area contributed by atoms with Crippen LogP contribution in [0.25, 0.3) is 11.3 Å². The van der Waals surface area contributed by atoms with Crippen LogP contribution in [0.1, 0.15) is 62.0 Å². The number of carbonyl (C=O) groups is 2. The molecule has 0 radical (unpaired) electrons. The topological polar surface area (TPSA) is 111 Å². The van der Waals surface area contributed by atoms with Crippen LogP contribution in [0, 0.1) is 12.7 Å². The number of fused-ring (bicyclic) bond motifs is 3. The highest BCUT2D eigenvalue weighted by atomic mass is 35.5. The Hall–Kier alpha value is -3.43. The van der Waals surface area contributed by atoms with Crippen molar-refractivity contribution in [2.75, 3.05) is 11.9 Å². The summed E-state index contributed by atoms with van der Waals surface area (Å²) in [6.45, 7) is 3.65. The van der Waals surface area contributed by atoms with Crippen LogP contribution in [0.2, 0.25) is 5.02 Å². The third-order valence-corrected chi connectivity index (χ3v) is 8.11. The number of aryl methyl sites for hydroxylation is 1. The number of halogens is 2. The Balaban J connectivity index is 1.33. The fourth-order valence-electron chi connectivity index (χ4n) is 5.58. The molecule has 1 amide bonds. The fourth-order valence-corrected chi connectivity index (χ4v) is 5.86. The Morgan fingerprint density at radius 1 is 1.21 bits per heavy atom. The van der Waals surface area contributed by atoms with Gasteiger partial charge in [0.25, 0.3) is 0 Å². The van der Waals surface area contributed by atoms with Gasteiger partial charge in [-0.15, -0.1) is 0 Å². The van der Waals surface area contributed by atoms with Gasteiger partial charge in [-0.25, -0.2) is 9.18 Å². The average molecular weight is 543 g/mol. The summed E-state index contributed by atoms with van der Waals surface area (Å²) in [5.41, 5.74) is 1.14. The summed E-state index contributed by atoms with van der Waals surface area (Å²) in [6, 6.07) is 11.9. The number of rotatable bonds is 7. The number of carboxylic acids is 1. The van der Waals surface area contributed by atoms with E-state index in [9.17, 15) is 14.7 Å². The number of hydrogen-bond acceptors (Lipinski definition) is 6.